The molecule has 13 heavy (non-hydrogen) atoms. The van der Waals surface area contributed by atoms with Gasteiger partial charge >= 0.3 is 0 Å². The van der Waals surface area contributed by atoms with Crippen LogP contribution < -0.4 is 0 Å². The van der Waals surface area contributed by atoms with Crippen LogP contribution in [-0.2, 0) is 0 Å². The molecule has 0 atom stereocenters. The summed E-state index contributed by atoms with van der Waals surface area (Å²) in [6.45, 7) is 1.68. The summed E-state index contributed by atoms with van der Waals surface area (Å²) in [4.78, 5) is 1.75. The summed E-state index contributed by atoms with van der Waals surface area (Å²) in [7, 11) is 3.64. The third-order valence-corrected chi connectivity index (χ3v) is 1.26. The maximum absolute atomic E-state index is 8.76. The second-order valence-corrected chi connectivity index (χ2v) is 2.74. The molecule has 1 aromatic heterocycles. The third kappa shape index (κ3) is 2.30. The molecule has 0 aliphatic carbocycles. The molecule has 1 aromatic rings. The largest absolute Gasteiger partial charge is 0.420 e. The lowest BCUT2D eigenvalue weighted by Crippen LogP contribution is -2.02. The Morgan fingerprint density at radius 1 is 1.54 bits per heavy atom. The number of nitriles is 1. The van der Waals surface area contributed by atoms with Crippen molar-refractivity contribution < 1.29 is 4.42 Å². The molecule has 1 heterocycles. The summed E-state index contributed by atoms with van der Waals surface area (Å²) >= 11 is 0. The van der Waals surface area contributed by atoms with Gasteiger partial charge in [-0.15, -0.1) is 10.2 Å². The van der Waals surface area contributed by atoms with Gasteiger partial charge in [-0.25, -0.2) is 0 Å². The SMILES string of the molecule is Cc1nnc(/C(C#N)=C\N(C)C)o1. The van der Waals surface area contributed by atoms with E-state index in [4.69, 9.17) is 9.68 Å². The first-order chi connectivity index (χ1) is 6.13. The summed E-state index contributed by atoms with van der Waals surface area (Å²) in [6.07, 6.45) is 1.63. The average molecular weight is 178 g/mol. The highest BCUT2D eigenvalue weighted by atomic mass is 16.4. The van der Waals surface area contributed by atoms with Gasteiger partial charge < -0.3 is 9.32 Å². The Morgan fingerprint density at radius 3 is 2.62 bits per heavy atom. The van der Waals surface area contributed by atoms with Gasteiger partial charge in [0, 0.05) is 27.2 Å². The summed E-state index contributed by atoms with van der Waals surface area (Å²) in [5.74, 6) is 0.712. The minimum absolute atomic E-state index is 0.258. The van der Waals surface area contributed by atoms with Crippen LogP contribution in [0.2, 0.25) is 0 Å². The Morgan fingerprint density at radius 2 is 2.23 bits per heavy atom. The maximum Gasteiger partial charge on any atom is 0.259 e. The minimum atomic E-state index is 0.258. The number of nitrogens with zero attached hydrogens (tertiary/aromatic N) is 4. The molecule has 0 amide bonds. The van der Waals surface area contributed by atoms with Gasteiger partial charge in [-0.1, -0.05) is 0 Å². The van der Waals surface area contributed by atoms with E-state index in [2.05, 4.69) is 10.2 Å². The van der Waals surface area contributed by atoms with E-state index < -0.39 is 0 Å². The lowest BCUT2D eigenvalue weighted by molar-refractivity contribution is 0.503. The fourth-order valence-corrected chi connectivity index (χ4v) is 0.796. The normalized spacial score (nSPS) is 11.1. The molecule has 0 aliphatic heterocycles. The molecule has 5 heteroatoms. The van der Waals surface area contributed by atoms with Crippen molar-refractivity contribution in [1.29, 1.82) is 5.26 Å². The van der Waals surface area contributed by atoms with Gasteiger partial charge in [0.25, 0.3) is 5.89 Å². The lowest BCUT2D eigenvalue weighted by Gasteiger charge is -2.03. The van der Waals surface area contributed by atoms with Crippen LogP contribution >= 0.6 is 0 Å². The van der Waals surface area contributed by atoms with Crippen LogP contribution in [0.1, 0.15) is 11.8 Å². The fourth-order valence-electron chi connectivity index (χ4n) is 0.796. The molecule has 0 fully saturated rings. The zero-order valence-electron chi connectivity index (χ0n) is 7.77. The Labute approximate surface area is 76.3 Å². The molecular weight excluding hydrogens is 168 g/mol. The van der Waals surface area contributed by atoms with Crippen LogP contribution in [-0.4, -0.2) is 29.2 Å². The topological polar surface area (TPSA) is 66.0 Å². The van der Waals surface area contributed by atoms with Gasteiger partial charge in [0.1, 0.15) is 11.6 Å². The highest BCUT2D eigenvalue weighted by Gasteiger charge is 2.08. The van der Waals surface area contributed by atoms with E-state index in [0.717, 1.165) is 0 Å². The average Bonchev–Trinajstić information content (AvgIpc) is 2.47. The molecule has 0 aromatic carbocycles. The molecule has 0 saturated heterocycles. The van der Waals surface area contributed by atoms with E-state index in [1.165, 1.54) is 0 Å². The molecule has 0 bridgehead atoms. The molecule has 0 aliphatic rings. The zero-order valence-corrected chi connectivity index (χ0v) is 7.77. The van der Waals surface area contributed by atoms with Gasteiger partial charge in [-0.2, -0.15) is 5.26 Å². The van der Waals surface area contributed by atoms with Crippen molar-refractivity contribution >= 4 is 5.57 Å². The number of hydrogen-bond donors (Lipinski definition) is 0. The van der Waals surface area contributed by atoms with Crippen LogP contribution in [0.4, 0.5) is 0 Å². The van der Waals surface area contributed by atoms with Crippen molar-refractivity contribution in [2.75, 3.05) is 14.1 Å². The van der Waals surface area contributed by atoms with Gasteiger partial charge in [-0.05, 0) is 0 Å². The van der Waals surface area contributed by atoms with Gasteiger partial charge in [0.2, 0.25) is 5.89 Å². The number of allylic oxidation sites excluding steroid dienone is 1. The summed E-state index contributed by atoms with van der Waals surface area (Å²) in [5.41, 5.74) is 0.366. The van der Waals surface area contributed by atoms with E-state index in [9.17, 15) is 0 Å². The zero-order chi connectivity index (χ0) is 9.84. The molecule has 1 rings (SSSR count). The molecule has 0 spiro atoms. The number of aromatic nitrogens is 2. The molecule has 0 radical (unpaired) electrons. The number of hydrogen-bond acceptors (Lipinski definition) is 5. The Hall–Kier alpha value is -1.83. The molecular formula is C8H10N4O. The van der Waals surface area contributed by atoms with Crippen molar-refractivity contribution in [3.63, 3.8) is 0 Å². The molecule has 5 nitrogen and oxygen atoms in total. The van der Waals surface area contributed by atoms with Gasteiger partial charge in [-0.3, -0.25) is 0 Å². The van der Waals surface area contributed by atoms with E-state index in [1.54, 1.807) is 18.0 Å². The fraction of sp³-hybridized carbons (Fsp3) is 0.375. The molecule has 68 valence electrons. The molecule has 0 unspecified atom stereocenters. The number of aryl methyl sites for hydroxylation is 1. The third-order valence-electron chi connectivity index (χ3n) is 1.26. The van der Waals surface area contributed by atoms with E-state index >= 15 is 0 Å². The van der Waals surface area contributed by atoms with E-state index in [0.29, 0.717) is 11.5 Å². The van der Waals surface area contributed by atoms with Crippen molar-refractivity contribution in [3.05, 3.63) is 18.0 Å². The highest BCUT2D eigenvalue weighted by Crippen LogP contribution is 2.11. The second kappa shape index (κ2) is 3.72. The monoisotopic (exact) mass is 178 g/mol. The highest BCUT2D eigenvalue weighted by molar-refractivity contribution is 5.70. The molecule has 0 saturated carbocycles. The van der Waals surface area contributed by atoms with Gasteiger partial charge in [0.05, 0.1) is 0 Å². The maximum atomic E-state index is 8.76. The summed E-state index contributed by atoms with van der Waals surface area (Å²) in [6, 6.07) is 1.99. The second-order valence-electron chi connectivity index (χ2n) is 2.74. The first-order valence-electron chi connectivity index (χ1n) is 3.72. The van der Waals surface area contributed by atoms with Crippen LogP contribution in [0.25, 0.3) is 5.57 Å². The van der Waals surface area contributed by atoms with Crippen molar-refractivity contribution in [1.82, 2.24) is 15.1 Å². The van der Waals surface area contributed by atoms with E-state index in [1.807, 2.05) is 20.2 Å². The number of rotatable bonds is 2. The summed E-state index contributed by atoms with van der Waals surface area (Å²) in [5, 5.41) is 16.1. The smallest absolute Gasteiger partial charge is 0.259 e. The van der Waals surface area contributed by atoms with E-state index in [-0.39, 0.29) is 5.89 Å². The first kappa shape index (κ1) is 9.26. The first-order valence-corrected chi connectivity index (χ1v) is 3.72. The van der Waals surface area contributed by atoms with Crippen molar-refractivity contribution in [3.8, 4) is 6.07 Å². The standard InChI is InChI=1S/C8H10N4O/c1-6-10-11-8(13-6)7(4-9)5-12(2)3/h5H,1-3H3/b7-5-. The van der Waals surface area contributed by atoms with Crippen LogP contribution in [0.15, 0.2) is 10.6 Å². The predicted octanol–water partition coefficient (Wildman–Crippen LogP) is 0.804. The predicted molar refractivity (Wildman–Crippen MR) is 46.3 cm³/mol. The minimum Gasteiger partial charge on any atom is -0.420 e. The Balaban J connectivity index is 2.99. The quantitative estimate of drug-likeness (QED) is 0.627. The van der Waals surface area contributed by atoms with Crippen LogP contribution in [0.3, 0.4) is 0 Å². The summed E-state index contributed by atoms with van der Waals surface area (Å²) < 4.78 is 5.10. The Bertz CT molecular complexity index is 358. The lowest BCUT2D eigenvalue weighted by atomic mass is 10.3. The van der Waals surface area contributed by atoms with Crippen LogP contribution in [0.5, 0.6) is 0 Å². The van der Waals surface area contributed by atoms with Crippen molar-refractivity contribution in [2.45, 2.75) is 6.92 Å². The Kier molecular flexibility index (Phi) is 2.65. The van der Waals surface area contributed by atoms with Gasteiger partial charge in [0.15, 0.2) is 0 Å². The van der Waals surface area contributed by atoms with Crippen molar-refractivity contribution in [2.24, 2.45) is 0 Å². The molecule has 0 N–H and O–H groups in total. The van der Waals surface area contributed by atoms with Crippen LogP contribution in [0, 0.1) is 18.3 Å².